The van der Waals surface area contributed by atoms with Crippen molar-refractivity contribution in [3.05, 3.63) is 51.4 Å². The molecule has 0 unspecified atom stereocenters. The highest BCUT2D eigenvalue weighted by Crippen LogP contribution is 2.27. The Bertz CT molecular complexity index is 802. The second kappa shape index (κ2) is 7.88. The van der Waals surface area contributed by atoms with Crippen LogP contribution in [0.1, 0.15) is 12.6 Å². The lowest BCUT2D eigenvalue weighted by Gasteiger charge is -2.14. The van der Waals surface area contributed by atoms with Crippen LogP contribution in [0, 0.1) is 0 Å². The number of aryl methyl sites for hydroxylation is 1. The maximum atomic E-state index is 12.1. The molecule has 24 heavy (non-hydrogen) atoms. The number of hydrogen-bond donors (Lipinski definition) is 1. The molecule has 1 aromatic heterocycles. The number of amides is 1. The predicted molar refractivity (Wildman–Crippen MR) is 93.2 cm³/mol. The Morgan fingerprint density at radius 3 is 2.75 bits per heavy atom. The largest absolute Gasteiger partial charge is 0.495 e. The van der Waals surface area contributed by atoms with Crippen molar-refractivity contribution >= 4 is 23.2 Å². The van der Waals surface area contributed by atoms with Crippen LogP contribution >= 0.6 is 11.6 Å². The monoisotopic (exact) mass is 350 g/mol. The van der Waals surface area contributed by atoms with E-state index in [1.807, 2.05) is 14.0 Å². The van der Waals surface area contributed by atoms with Gasteiger partial charge in [-0.3, -0.25) is 9.59 Å². The molecular formula is C17H19ClN2O4. The van der Waals surface area contributed by atoms with Crippen LogP contribution < -0.4 is 20.2 Å². The van der Waals surface area contributed by atoms with Gasteiger partial charge in [0.2, 0.25) is 5.43 Å². The lowest BCUT2D eigenvalue weighted by Crippen LogP contribution is -2.24. The zero-order chi connectivity index (χ0) is 17.7. The number of nitrogens with one attached hydrogen (secondary N) is 1. The van der Waals surface area contributed by atoms with E-state index in [1.54, 1.807) is 29.0 Å². The average molecular weight is 351 g/mol. The Morgan fingerprint density at radius 1 is 1.33 bits per heavy atom. The van der Waals surface area contributed by atoms with E-state index in [0.29, 0.717) is 22.9 Å². The fraction of sp³-hybridized carbons (Fsp3) is 0.294. The number of carbonyl (C=O) groups is 1. The smallest absolute Gasteiger partial charge is 0.262 e. The Balaban J connectivity index is 2.11. The van der Waals surface area contributed by atoms with Gasteiger partial charge < -0.3 is 19.4 Å². The zero-order valence-corrected chi connectivity index (χ0v) is 14.5. The topological polar surface area (TPSA) is 69.6 Å². The quantitative estimate of drug-likeness (QED) is 0.869. The zero-order valence-electron chi connectivity index (χ0n) is 13.8. The number of nitrogens with zero attached hydrogens (tertiary/aromatic N) is 1. The molecule has 0 aliphatic heterocycles. The number of aromatic nitrogens is 1. The highest BCUT2D eigenvalue weighted by Gasteiger charge is 2.13. The van der Waals surface area contributed by atoms with E-state index in [0.717, 1.165) is 5.69 Å². The second-order valence-electron chi connectivity index (χ2n) is 5.10. The normalized spacial score (nSPS) is 10.3. The minimum atomic E-state index is -0.413. The average Bonchev–Trinajstić information content (AvgIpc) is 2.55. The van der Waals surface area contributed by atoms with Gasteiger partial charge in [-0.05, 0) is 24.6 Å². The van der Waals surface area contributed by atoms with Gasteiger partial charge in [0, 0.05) is 24.3 Å². The minimum Gasteiger partial charge on any atom is -0.495 e. The third kappa shape index (κ3) is 4.08. The fourth-order valence-electron chi connectivity index (χ4n) is 2.31. The number of rotatable bonds is 6. The number of halogens is 1. The van der Waals surface area contributed by atoms with E-state index in [2.05, 4.69) is 5.32 Å². The number of hydrogen-bond acceptors (Lipinski definition) is 4. The Kier molecular flexibility index (Phi) is 5.87. The van der Waals surface area contributed by atoms with Gasteiger partial charge in [0.05, 0.1) is 18.5 Å². The molecule has 0 atom stereocenters. The first kappa shape index (κ1) is 17.9. The van der Waals surface area contributed by atoms with Crippen LogP contribution in [0.15, 0.2) is 35.3 Å². The number of pyridine rings is 1. The summed E-state index contributed by atoms with van der Waals surface area (Å²) in [6, 6.07) is 6.30. The van der Waals surface area contributed by atoms with Crippen molar-refractivity contribution in [2.45, 2.75) is 13.3 Å². The molecule has 7 heteroatoms. The van der Waals surface area contributed by atoms with Crippen LogP contribution in [0.4, 0.5) is 5.69 Å². The van der Waals surface area contributed by atoms with Gasteiger partial charge in [-0.25, -0.2) is 0 Å². The summed E-state index contributed by atoms with van der Waals surface area (Å²) < 4.78 is 12.4. The Morgan fingerprint density at radius 2 is 2.08 bits per heavy atom. The second-order valence-corrected chi connectivity index (χ2v) is 5.54. The summed E-state index contributed by atoms with van der Waals surface area (Å²) in [6.07, 6.45) is 2.29. The lowest BCUT2D eigenvalue weighted by molar-refractivity contribution is -0.118. The van der Waals surface area contributed by atoms with Crippen LogP contribution in [0.5, 0.6) is 11.5 Å². The third-order valence-corrected chi connectivity index (χ3v) is 3.71. The molecule has 0 spiro atoms. The molecule has 0 fully saturated rings. The van der Waals surface area contributed by atoms with Gasteiger partial charge in [-0.15, -0.1) is 0 Å². The van der Waals surface area contributed by atoms with Gasteiger partial charge in [-0.1, -0.05) is 18.5 Å². The predicted octanol–water partition coefficient (Wildman–Crippen LogP) is 2.63. The third-order valence-electron chi connectivity index (χ3n) is 3.48. The van der Waals surface area contributed by atoms with Gasteiger partial charge in [0.25, 0.3) is 5.91 Å². The summed E-state index contributed by atoms with van der Waals surface area (Å²) in [6.45, 7) is 1.63. The molecule has 0 aliphatic carbocycles. The summed E-state index contributed by atoms with van der Waals surface area (Å²) in [5.41, 5.74) is 0.920. The number of anilines is 1. The number of carbonyl (C=O) groups excluding carboxylic acids is 1. The molecule has 2 rings (SSSR count). The molecule has 1 N–H and O–H groups in total. The van der Waals surface area contributed by atoms with Crippen molar-refractivity contribution in [2.75, 3.05) is 19.0 Å². The molecule has 0 aliphatic rings. The highest BCUT2D eigenvalue weighted by molar-refractivity contribution is 6.31. The maximum absolute atomic E-state index is 12.1. The SMILES string of the molecule is CCc1c(OCC(=O)Nc2cc(Cl)ccc2OC)c(=O)ccn1C. The van der Waals surface area contributed by atoms with Crippen molar-refractivity contribution in [3.63, 3.8) is 0 Å². The summed E-state index contributed by atoms with van der Waals surface area (Å²) >= 11 is 5.93. The van der Waals surface area contributed by atoms with Crippen LogP contribution in [-0.4, -0.2) is 24.2 Å². The minimum absolute atomic E-state index is 0.190. The number of methoxy groups -OCH3 is 1. The van der Waals surface area contributed by atoms with Crippen LogP contribution in [-0.2, 0) is 18.3 Å². The molecule has 1 aromatic carbocycles. The van der Waals surface area contributed by atoms with Crippen molar-refractivity contribution < 1.29 is 14.3 Å². The first-order chi connectivity index (χ1) is 11.5. The maximum Gasteiger partial charge on any atom is 0.262 e. The van der Waals surface area contributed by atoms with E-state index in [-0.39, 0.29) is 17.8 Å². The van der Waals surface area contributed by atoms with Gasteiger partial charge >= 0.3 is 0 Å². The number of ether oxygens (including phenoxy) is 2. The molecule has 1 heterocycles. The summed E-state index contributed by atoms with van der Waals surface area (Å²) in [5, 5.41) is 3.13. The molecular weight excluding hydrogens is 332 g/mol. The summed E-state index contributed by atoms with van der Waals surface area (Å²) in [4.78, 5) is 24.1. The van der Waals surface area contributed by atoms with Crippen molar-refractivity contribution in [3.8, 4) is 11.5 Å². The summed E-state index contributed by atoms with van der Waals surface area (Å²) in [5.74, 6) is 0.261. The number of benzene rings is 1. The molecule has 1 amide bonds. The molecule has 0 radical (unpaired) electrons. The van der Waals surface area contributed by atoms with E-state index in [4.69, 9.17) is 21.1 Å². The van der Waals surface area contributed by atoms with Gasteiger partial charge in [-0.2, -0.15) is 0 Å². The van der Waals surface area contributed by atoms with E-state index >= 15 is 0 Å². The van der Waals surface area contributed by atoms with Crippen molar-refractivity contribution in [2.24, 2.45) is 7.05 Å². The fourth-order valence-corrected chi connectivity index (χ4v) is 2.49. The Hall–Kier alpha value is -2.47. The van der Waals surface area contributed by atoms with Crippen molar-refractivity contribution in [1.82, 2.24) is 4.57 Å². The highest BCUT2D eigenvalue weighted by atomic mass is 35.5. The molecule has 6 nitrogen and oxygen atoms in total. The van der Waals surface area contributed by atoms with Gasteiger partial charge in [0.1, 0.15) is 5.75 Å². The first-order valence-electron chi connectivity index (χ1n) is 7.41. The van der Waals surface area contributed by atoms with Crippen LogP contribution in [0.2, 0.25) is 5.02 Å². The molecule has 0 saturated carbocycles. The van der Waals surface area contributed by atoms with E-state index < -0.39 is 5.91 Å². The summed E-state index contributed by atoms with van der Waals surface area (Å²) in [7, 11) is 3.32. The standard InChI is InChI=1S/C17H19ClN2O4/c1-4-13-17(14(21)7-8-20(13)2)24-10-16(22)19-12-9-11(18)5-6-15(12)23-3/h5-9H,4,10H2,1-3H3,(H,19,22). The van der Waals surface area contributed by atoms with E-state index in [1.165, 1.54) is 13.2 Å². The van der Waals surface area contributed by atoms with Crippen molar-refractivity contribution in [1.29, 1.82) is 0 Å². The van der Waals surface area contributed by atoms with E-state index in [9.17, 15) is 9.59 Å². The van der Waals surface area contributed by atoms with Crippen LogP contribution in [0.3, 0.4) is 0 Å². The molecule has 2 aromatic rings. The van der Waals surface area contributed by atoms with Crippen LogP contribution in [0.25, 0.3) is 0 Å². The Labute approximate surface area is 145 Å². The van der Waals surface area contributed by atoms with Gasteiger partial charge in [0.15, 0.2) is 12.4 Å². The molecule has 0 saturated heterocycles. The molecule has 128 valence electrons. The lowest BCUT2D eigenvalue weighted by atomic mass is 10.2. The molecule has 0 bridgehead atoms. The first-order valence-corrected chi connectivity index (χ1v) is 7.78.